The fourth-order valence-electron chi connectivity index (χ4n) is 3.89. The van der Waals surface area contributed by atoms with E-state index in [-0.39, 0.29) is 25.6 Å². The Morgan fingerprint density at radius 1 is 1.14 bits per heavy atom. The van der Waals surface area contributed by atoms with E-state index in [1.165, 1.54) is 0 Å². The fourth-order valence-corrected chi connectivity index (χ4v) is 3.89. The van der Waals surface area contributed by atoms with Gasteiger partial charge in [0.2, 0.25) is 0 Å². The molecule has 0 saturated carbocycles. The van der Waals surface area contributed by atoms with Crippen molar-refractivity contribution in [1.29, 1.82) is 0 Å². The number of ketones is 1. The second-order valence-corrected chi connectivity index (χ2v) is 7.72. The van der Waals surface area contributed by atoms with E-state index in [9.17, 15) is 15.0 Å². The van der Waals surface area contributed by atoms with Crippen molar-refractivity contribution in [3.8, 4) is 5.75 Å². The summed E-state index contributed by atoms with van der Waals surface area (Å²) in [4.78, 5) is 16.7. The van der Waals surface area contributed by atoms with Crippen LogP contribution in [0.15, 0.2) is 36.4 Å². The van der Waals surface area contributed by atoms with Gasteiger partial charge in [0.25, 0.3) is 0 Å². The Morgan fingerprint density at radius 3 is 2.64 bits per heavy atom. The number of carbonyl (C=O) groups excluding carboxylic acids is 1. The first-order valence-corrected chi connectivity index (χ1v) is 9.23. The van der Waals surface area contributed by atoms with Crippen LogP contribution in [0.1, 0.15) is 46.6 Å². The molecule has 0 saturated heterocycles. The third-order valence-electron chi connectivity index (χ3n) is 5.46. The molecule has 0 fully saturated rings. The summed E-state index contributed by atoms with van der Waals surface area (Å²) in [5.74, 6) is 0.489. The number of benzene rings is 2. The van der Waals surface area contributed by atoms with Gasteiger partial charge in [0.15, 0.2) is 5.78 Å². The summed E-state index contributed by atoms with van der Waals surface area (Å²) >= 11 is 0. The Labute approximate surface area is 162 Å². The second-order valence-electron chi connectivity index (χ2n) is 7.72. The minimum atomic E-state index is -0.952. The summed E-state index contributed by atoms with van der Waals surface area (Å²) in [7, 11) is 0. The minimum Gasteiger partial charge on any atom is -0.491 e. The third kappa shape index (κ3) is 2.81. The molecule has 6 heteroatoms. The molecule has 4 rings (SSSR count). The number of hydrogen-bond donors (Lipinski definition) is 4. The highest BCUT2D eigenvalue weighted by Gasteiger charge is 2.39. The molecule has 0 aliphatic heterocycles. The number of aliphatic hydroxyl groups is 3. The molecule has 0 radical (unpaired) electrons. The number of fused-ring (bicyclic) bond motifs is 4. The molecular formula is C22H23NO5. The van der Waals surface area contributed by atoms with Gasteiger partial charge >= 0.3 is 0 Å². The first-order valence-electron chi connectivity index (χ1n) is 9.23. The molecule has 28 heavy (non-hydrogen) atoms. The Hall–Kier alpha value is -2.67. The second kappa shape index (κ2) is 6.74. The molecule has 0 bridgehead atoms. The number of aliphatic hydroxyl groups excluding tert-OH is 3. The standard InChI is InChI=1S/C22H23NO5/c1-22(2)17-8-14(28-11-13(26)10-25)4-6-15(17)20(27)19-16-5-3-12(9-24)7-18(16)23-21(19)22/h3-8,13,23-26H,9-11H2,1-2H3/t13-/m0/s1. The van der Waals surface area contributed by atoms with Crippen LogP contribution in [-0.2, 0) is 12.0 Å². The van der Waals surface area contributed by atoms with Gasteiger partial charge in [0.05, 0.1) is 18.8 Å². The monoisotopic (exact) mass is 381 g/mol. The van der Waals surface area contributed by atoms with Gasteiger partial charge in [-0.25, -0.2) is 0 Å². The molecule has 146 valence electrons. The van der Waals surface area contributed by atoms with Crippen molar-refractivity contribution in [2.24, 2.45) is 0 Å². The van der Waals surface area contributed by atoms with E-state index in [4.69, 9.17) is 9.84 Å². The highest BCUT2D eigenvalue weighted by molar-refractivity contribution is 6.20. The van der Waals surface area contributed by atoms with Gasteiger partial charge < -0.3 is 25.0 Å². The van der Waals surface area contributed by atoms with Gasteiger partial charge in [-0.3, -0.25) is 4.79 Å². The minimum absolute atomic E-state index is 0.0226. The average molecular weight is 381 g/mol. The van der Waals surface area contributed by atoms with E-state index in [0.717, 1.165) is 27.7 Å². The molecule has 3 aromatic rings. The lowest BCUT2D eigenvalue weighted by Crippen LogP contribution is -2.30. The lowest BCUT2D eigenvalue weighted by molar-refractivity contribution is 0.0535. The number of hydrogen-bond acceptors (Lipinski definition) is 5. The van der Waals surface area contributed by atoms with Crippen LogP contribution in [-0.4, -0.2) is 45.4 Å². The summed E-state index contributed by atoms with van der Waals surface area (Å²) in [5, 5.41) is 28.7. The van der Waals surface area contributed by atoms with Crippen LogP contribution in [0.25, 0.3) is 10.9 Å². The van der Waals surface area contributed by atoms with Crippen LogP contribution in [0, 0.1) is 0 Å². The smallest absolute Gasteiger partial charge is 0.195 e. The van der Waals surface area contributed by atoms with Gasteiger partial charge in [0, 0.05) is 27.6 Å². The Morgan fingerprint density at radius 2 is 1.93 bits per heavy atom. The zero-order chi connectivity index (χ0) is 20.1. The third-order valence-corrected chi connectivity index (χ3v) is 5.46. The maximum Gasteiger partial charge on any atom is 0.195 e. The topological polar surface area (TPSA) is 103 Å². The van der Waals surface area contributed by atoms with Crippen LogP contribution in [0.5, 0.6) is 5.75 Å². The zero-order valence-corrected chi connectivity index (χ0v) is 15.8. The van der Waals surface area contributed by atoms with Crippen LogP contribution in [0.3, 0.4) is 0 Å². The van der Waals surface area contributed by atoms with E-state index >= 15 is 0 Å². The summed E-state index contributed by atoms with van der Waals surface area (Å²) in [6.07, 6.45) is -0.952. The van der Waals surface area contributed by atoms with Crippen LogP contribution in [0.2, 0.25) is 0 Å². The van der Waals surface area contributed by atoms with E-state index in [1.54, 1.807) is 12.1 Å². The number of aromatic nitrogens is 1. The van der Waals surface area contributed by atoms with Crippen LogP contribution < -0.4 is 4.74 Å². The quantitative estimate of drug-likeness (QED) is 0.543. The molecule has 0 unspecified atom stereocenters. The predicted octanol–water partition coefficient (Wildman–Crippen LogP) is 2.26. The van der Waals surface area contributed by atoms with E-state index < -0.39 is 11.5 Å². The lowest BCUT2D eigenvalue weighted by atomic mass is 9.71. The molecule has 1 atom stereocenters. The van der Waals surface area contributed by atoms with Crippen LogP contribution in [0.4, 0.5) is 0 Å². The number of nitrogens with one attached hydrogen (secondary N) is 1. The fraction of sp³-hybridized carbons (Fsp3) is 0.318. The summed E-state index contributed by atoms with van der Waals surface area (Å²) in [6.45, 7) is 3.64. The first kappa shape index (κ1) is 18.7. The van der Waals surface area contributed by atoms with E-state index in [1.807, 2.05) is 38.1 Å². The van der Waals surface area contributed by atoms with Gasteiger partial charge in [0.1, 0.15) is 18.5 Å². The molecule has 2 aromatic carbocycles. The molecule has 1 aromatic heterocycles. The number of ether oxygens (including phenoxy) is 1. The van der Waals surface area contributed by atoms with Crippen molar-refractivity contribution in [2.75, 3.05) is 13.2 Å². The van der Waals surface area contributed by atoms with Crippen molar-refractivity contribution in [1.82, 2.24) is 4.98 Å². The molecule has 0 spiro atoms. The van der Waals surface area contributed by atoms with E-state index in [2.05, 4.69) is 4.98 Å². The number of carbonyl (C=O) groups is 1. The molecule has 0 amide bonds. The highest BCUT2D eigenvalue weighted by Crippen LogP contribution is 2.44. The zero-order valence-electron chi connectivity index (χ0n) is 15.8. The predicted molar refractivity (Wildman–Crippen MR) is 105 cm³/mol. The average Bonchev–Trinajstić information content (AvgIpc) is 3.10. The molecule has 4 N–H and O–H groups in total. The summed E-state index contributed by atoms with van der Waals surface area (Å²) in [5.41, 5.74) is 4.12. The maximum absolute atomic E-state index is 13.3. The van der Waals surface area contributed by atoms with Crippen molar-refractivity contribution in [3.05, 3.63) is 64.3 Å². The number of H-pyrrole nitrogens is 1. The van der Waals surface area contributed by atoms with Gasteiger partial charge in [-0.1, -0.05) is 26.0 Å². The molecule has 6 nitrogen and oxygen atoms in total. The highest BCUT2D eigenvalue weighted by atomic mass is 16.5. The van der Waals surface area contributed by atoms with Gasteiger partial charge in [-0.2, -0.15) is 0 Å². The number of aromatic amines is 1. The molecule has 1 aliphatic carbocycles. The van der Waals surface area contributed by atoms with Crippen LogP contribution >= 0.6 is 0 Å². The van der Waals surface area contributed by atoms with Crippen molar-refractivity contribution in [2.45, 2.75) is 32.0 Å². The Bertz CT molecular complexity index is 1070. The number of rotatable bonds is 5. The van der Waals surface area contributed by atoms with Crippen molar-refractivity contribution in [3.63, 3.8) is 0 Å². The maximum atomic E-state index is 13.3. The normalized spacial score (nSPS) is 16.0. The summed E-state index contributed by atoms with van der Waals surface area (Å²) in [6, 6.07) is 10.9. The molecule has 1 heterocycles. The SMILES string of the molecule is CC1(C)c2cc(OC[C@@H](O)CO)ccc2C(=O)c2c1[nH]c1cc(CO)ccc21. The largest absolute Gasteiger partial charge is 0.491 e. The molecular weight excluding hydrogens is 358 g/mol. The van der Waals surface area contributed by atoms with E-state index in [0.29, 0.717) is 16.9 Å². The Kier molecular flexibility index (Phi) is 4.50. The van der Waals surface area contributed by atoms with Gasteiger partial charge in [-0.15, -0.1) is 0 Å². The first-order chi connectivity index (χ1) is 13.4. The van der Waals surface area contributed by atoms with Crippen molar-refractivity contribution < 1.29 is 24.9 Å². The van der Waals surface area contributed by atoms with Gasteiger partial charge in [-0.05, 0) is 35.4 Å². The van der Waals surface area contributed by atoms with Crippen molar-refractivity contribution >= 4 is 16.7 Å². The Balaban J connectivity index is 1.82. The molecule has 1 aliphatic rings. The lowest BCUT2D eigenvalue weighted by Gasteiger charge is -2.32. The summed E-state index contributed by atoms with van der Waals surface area (Å²) < 4.78 is 5.57.